The molecule has 0 radical (unpaired) electrons. The molecule has 0 aliphatic heterocycles. The van der Waals surface area contributed by atoms with Crippen LogP contribution in [0.1, 0.15) is 35.4 Å². The first-order valence-electron chi connectivity index (χ1n) is 8.17. The molecule has 1 saturated carbocycles. The van der Waals surface area contributed by atoms with Crippen molar-refractivity contribution in [3.63, 3.8) is 0 Å². The van der Waals surface area contributed by atoms with Crippen LogP contribution in [0.25, 0.3) is 0 Å². The molecule has 4 nitrogen and oxygen atoms in total. The van der Waals surface area contributed by atoms with E-state index in [1.165, 1.54) is 24.0 Å². The van der Waals surface area contributed by atoms with Crippen LogP contribution in [0.15, 0.2) is 24.3 Å². The van der Waals surface area contributed by atoms with Gasteiger partial charge in [-0.05, 0) is 38.3 Å². The van der Waals surface area contributed by atoms with E-state index in [1.807, 2.05) is 23.7 Å². The lowest BCUT2D eigenvalue weighted by atomic mass is 9.95. The fourth-order valence-electron chi connectivity index (χ4n) is 3.31. The van der Waals surface area contributed by atoms with Crippen molar-refractivity contribution in [1.29, 1.82) is 0 Å². The minimum atomic E-state index is 0.116. The summed E-state index contributed by atoms with van der Waals surface area (Å²) in [6.45, 7) is 6.49. The molecule has 1 aromatic carbocycles. The van der Waals surface area contributed by atoms with E-state index in [0.717, 1.165) is 29.5 Å². The first kappa shape index (κ1) is 16.5. The number of aromatic nitrogens is 2. The number of halogens is 1. The van der Waals surface area contributed by atoms with Gasteiger partial charge in [-0.2, -0.15) is 5.10 Å². The Morgan fingerprint density at radius 3 is 2.70 bits per heavy atom. The van der Waals surface area contributed by atoms with Gasteiger partial charge in [0.1, 0.15) is 0 Å². The number of aliphatic hydroxyl groups excluding tert-OH is 1. The highest BCUT2D eigenvalue weighted by Gasteiger charge is 2.44. The van der Waals surface area contributed by atoms with Gasteiger partial charge in [-0.25, -0.2) is 0 Å². The molecule has 124 valence electrons. The quantitative estimate of drug-likeness (QED) is 0.819. The second-order valence-electron chi connectivity index (χ2n) is 6.46. The molecular weight excluding hydrogens is 310 g/mol. The summed E-state index contributed by atoms with van der Waals surface area (Å²) in [5, 5.41) is 18.1. The Hall–Kier alpha value is -1.36. The van der Waals surface area contributed by atoms with Crippen molar-refractivity contribution in [1.82, 2.24) is 15.1 Å². The van der Waals surface area contributed by atoms with E-state index in [2.05, 4.69) is 29.5 Å². The lowest BCUT2D eigenvalue weighted by molar-refractivity contribution is 0.267. The molecule has 0 spiro atoms. The Kier molecular flexibility index (Phi) is 4.76. The molecule has 0 saturated heterocycles. The summed E-state index contributed by atoms with van der Waals surface area (Å²) >= 11 is 6.37. The molecule has 2 N–H and O–H groups in total. The minimum Gasteiger partial charge on any atom is -0.394 e. The first-order chi connectivity index (χ1) is 11.1. The number of aryl methyl sites for hydroxylation is 1. The van der Waals surface area contributed by atoms with Crippen LogP contribution in [0.5, 0.6) is 0 Å². The van der Waals surface area contributed by atoms with Crippen LogP contribution in [0.4, 0.5) is 0 Å². The average Bonchev–Trinajstić information content (AvgIpc) is 3.26. The molecule has 2 aromatic rings. The summed E-state index contributed by atoms with van der Waals surface area (Å²) in [4.78, 5) is 0. The molecule has 23 heavy (non-hydrogen) atoms. The van der Waals surface area contributed by atoms with Gasteiger partial charge in [-0.1, -0.05) is 29.8 Å². The zero-order valence-corrected chi connectivity index (χ0v) is 14.5. The Morgan fingerprint density at radius 2 is 2.04 bits per heavy atom. The van der Waals surface area contributed by atoms with Gasteiger partial charge in [0.05, 0.1) is 18.8 Å². The molecule has 0 amide bonds. The molecule has 0 atom stereocenters. The third kappa shape index (κ3) is 3.30. The van der Waals surface area contributed by atoms with E-state index in [0.29, 0.717) is 6.54 Å². The van der Waals surface area contributed by atoms with Crippen LogP contribution < -0.4 is 5.32 Å². The molecule has 1 aliphatic carbocycles. The van der Waals surface area contributed by atoms with E-state index in [1.54, 1.807) is 0 Å². The third-order valence-electron chi connectivity index (χ3n) is 4.91. The van der Waals surface area contributed by atoms with Crippen molar-refractivity contribution in [2.75, 3.05) is 13.2 Å². The van der Waals surface area contributed by atoms with Crippen molar-refractivity contribution in [2.24, 2.45) is 0 Å². The molecule has 5 heteroatoms. The van der Waals surface area contributed by atoms with Crippen LogP contribution in [-0.4, -0.2) is 28.0 Å². The Balaban J connectivity index is 1.65. The largest absolute Gasteiger partial charge is 0.394 e. The van der Waals surface area contributed by atoms with Crippen molar-refractivity contribution >= 4 is 11.6 Å². The molecule has 0 unspecified atom stereocenters. The SMILES string of the molecule is Cc1nn(CCO)c(C)c1CNCC1(c2ccccc2Cl)CC1. The van der Waals surface area contributed by atoms with Gasteiger partial charge in [0.15, 0.2) is 0 Å². The van der Waals surface area contributed by atoms with Gasteiger partial charge in [-0.3, -0.25) is 4.68 Å². The molecule has 1 fully saturated rings. The molecule has 3 rings (SSSR count). The summed E-state index contributed by atoms with van der Waals surface area (Å²) in [6, 6.07) is 8.17. The van der Waals surface area contributed by atoms with Gasteiger partial charge in [0, 0.05) is 34.8 Å². The van der Waals surface area contributed by atoms with Crippen LogP contribution in [0.2, 0.25) is 5.02 Å². The summed E-state index contributed by atoms with van der Waals surface area (Å²) in [7, 11) is 0. The lowest BCUT2D eigenvalue weighted by Crippen LogP contribution is -2.27. The molecular formula is C18H24ClN3O. The Morgan fingerprint density at radius 1 is 1.30 bits per heavy atom. The predicted molar refractivity (Wildman–Crippen MR) is 92.9 cm³/mol. The maximum Gasteiger partial charge on any atom is 0.0644 e. The standard InChI is InChI=1S/C18H24ClN3O/c1-13-15(14(2)22(21-13)9-10-23)11-20-12-18(7-8-18)16-5-3-4-6-17(16)19/h3-6,20,23H,7-12H2,1-2H3. The summed E-state index contributed by atoms with van der Waals surface area (Å²) in [5.41, 5.74) is 4.85. The summed E-state index contributed by atoms with van der Waals surface area (Å²) < 4.78 is 1.88. The second kappa shape index (κ2) is 6.63. The molecule has 1 aromatic heterocycles. The maximum absolute atomic E-state index is 9.10. The van der Waals surface area contributed by atoms with E-state index < -0.39 is 0 Å². The van der Waals surface area contributed by atoms with Gasteiger partial charge < -0.3 is 10.4 Å². The highest BCUT2D eigenvalue weighted by Crippen LogP contribution is 2.49. The molecule has 1 heterocycles. The fourth-order valence-corrected chi connectivity index (χ4v) is 3.65. The van der Waals surface area contributed by atoms with Gasteiger partial charge in [-0.15, -0.1) is 0 Å². The monoisotopic (exact) mass is 333 g/mol. The highest BCUT2D eigenvalue weighted by molar-refractivity contribution is 6.31. The Labute approximate surface area is 142 Å². The summed E-state index contributed by atoms with van der Waals surface area (Å²) in [5.74, 6) is 0. The fraction of sp³-hybridized carbons (Fsp3) is 0.500. The van der Waals surface area contributed by atoms with Gasteiger partial charge in [0.2, 0.25) is 0 Å². The van der Waals surface area contributed by atoms with E-state index in [4.69, 9.17) is 16.7 Å². The number of hydrogen-bond acceptors (Lipinski definition) is 3. The third-order valence-corrected chi connectivity index (χ3v) is 5.24. The molecule has 1 aliphatic rings. The molecule has 0 bridgehead atoms. The van der Waals surface area contributed by atoms with Crippen LogP contribution in [0, 0.1) is 13.8 Å². The number of nitrogens with zero attached hydrogens (tertiary/aromatic N) is 2. The van der Waals surface area contributed by atoms with Crippen LogP contribution in [0.3, 0.4) is 0 Å². The lowest BCUT2D eigenvalue weighted by Gasteiger charge is -2.18. The topological polar surface area (TPSA) is 50.1 Å². The minimum absolute atomic E-state index is 0.116. The van der Waals surface area contributed by atoms with E-state index >= 15 is 0 Å². The van der Waals surface area contributed by atoms with E-state index in [-0.39, 0.29) is 12.0 Å². The van der Waals surface area contributed by atoms with Gasteiger partial charge in [0.25, 0.3) is 0 Å². The van der Waals surface area contributed by atoms with Crippen molar-refractivity contribution < 1.29 is 5.11 Å². The van der Waals surface area contributed by atoms with Crippen molar-refractivity contribution in [3.05, 3.63) is 51.8 Å². The second-order valence-corrected chi connectivity index (χ2v) is 6.87. The van der Waals surface area contributed by atoms with Crippen LogP contribution in [-0.2, 0) is 18.5 Å². The average molecular weight is 334 g/mol. The maximum atomic E-state index is 9.10. The van der Waals surface area contributed by atoms with Crippen molar-refractivity contribution in [2.45, 2.75) is 45.2 Å². The summed E-state index contributed by atoms with van der Waals surface area (Å²) in [6.07, 6.45) is 2.37. The zero-order chi connectivity index (χ0) is 16.4. The van der Waals surface area contributed by atoms with Crippen LogP contribution >= 0.6 is 11.6 Å². The number of nitrogens with one attached hydrogen (secondary N) is 1. The normalized spacial score (nSPS) is 15.8. The number of hydrogen-bond donors (Lipinski definition) is 2. The zero-order valence-electron chi connectivity index (χ0n) is 13.8. The first-order valence-corrected chi connectivity index (χ1v) is 8.55. The van der Waals surface area contributed by atoms with Crippen molar-refractivity contribution in [3.8, 4) is 0 Å². The number of benzene rings is 1. The smallest absolute Gasteiger partial charge is 0.0644 e. The predicted octanol–water partition coefficient (Wildman–Crippen LogP) is 2.97. The van der Waals surface area contributed by atoms with E-state index in [9.17, 15) is 0 Å². The highest BCUT2D eigenvalue weighted by atomic mass is 35.5. The number of aliphatic hydroxyl groups is 1. The Bertz CT molecular complexity index is 692. The number of rotatable bonds is 7. The van der Waals surface area contributed by atoms with Gasteiger partial charge >= 0.3 is 0 Å².